The van der Waals surface area contributed by atoms with Crippen LogP contribution < -0.4 is 4.31 Å². The average molecular weight is 321 g/mol. The van der Waals surface area contributed by atoms with Crippen LogP contribution in [0.4, 0.5) is 5.69 Å². The Hall–Kier alpha value is -0.720. The molecule has 1 atom stereocenters. The molecule has 0 spiro atoms. The van der Waals surface area contributed by atoms with Gasteiger partial charge in [0.05, 0.1) is 11.8 Å². The van der Waals surface area contributed by atoms with Gasteiger partial charge in [0.25, 0.3) is 11.3 Å². The average Bonchev–Trinajstić information content (AvgIpc) is 2.32. The third-order valence-electron chi connectivity index (χ3n) is 2.74. The first-order chi connectivity index (χ1) is 9.33. The molecule has 0 saturated heterocycles. The number of unbranched alkanes of at least 4 members (excludes halogenated alkanes) is 2. The van der Waals surface area contributed by atoms with Gasteiger partial charge in [-0.2, -0.15) is 0 Å². The van der Waals surface area contributed by atoms with Gasteiger partial charge in [-0.1, -0.05) is 31.9 Å². The predicted molar refractivity (Wildman–Crippen MR) is 79.8 cm³/mol. The van der Waals surface area contributed by atoms with Gasteiger partial charge in [-0.25, -0.2) is 4.21 Å². The monoisotopic (exact) mass is 321 g/mol. The van der Waals surface area contributed by atoms with Gasteiger partial charge in [0.2, 0.25) is 0 Å². The second kappa shape index (κ2) is 7.90. The molecule has 0 bridgehead atoms. The van der Waals surface area contributed by atoms with Crippen LogP contribution in [0.25, 0.3) is 0 Å². The zero-order valence-electron chi connectivity index (χ0n) is 11.3. The van der Waals surface area contributed by atoms with Gasteiger partial charge in [-0.05, 0) is 24.1 Å². The van der Waals surface area contributed by atoms with Crippen molar-refractivity contribution < 1.29 is 23.1 Å². The summed E-state index contributed by atoms with van der Waals surface area (Å²) in [4.78, 5) is 17.9. The minimum atomic E-state index is -4.14. The van der Waals surface area contributed by atoms with E-state index in [0.717, 1.165) is 19.3 Å². The summed E-state index contributed by atoms with van der Waals surface area (Å²) in [5.74, 6) is 0. The van der Waals surface area contributed by atoms with E-state index >= 15 is 0 Å². The molecule has 0 aromatic heterocycles. The van der Waals surface area contributed by atoms with Gasteiger partial charge < -0.3 is 9.79 Å². The van der Waals surface area contributed by atoms with Gasteiger partial charge in [0, 0.05) is 6.54 Å². The molecule has 1 unspecified atom stereocenters. The van der Waals surface area contributed by atoms with E-state index in [1.54, 1.807) is 24.3 Å². The molecule has 3 N–H and O–H groups in total. The highest BCUT2D eigenvalue weighted by Gasteiger charge is 2.16. The maximum absolute atomic E-state index is 11.4. The number of anilines is 1. The Balaban J connectivity index is 2.88. The lowest BCUT2D eigenvalue weighted by Crippen LogP contribution is -2.26. The first-order valence-electron chi connectivity index (χ1n) is 6.35. The first kappa shape index (κ1) is 17.3. The number of nitrogens with zero attached hydrogens (tertiary/aromatic N) is 1. The summed E-state index contributed by atoms with van der Waals surface area (Å²) in [6.07, 6.45) is 2.37. The molecule has 0 aliphatic carbocycles. The van der Waals surface area contributed by atoms with Crippen LogP contribution in [0.3, 0.4) is 0 Å². The Morgan fingerprint density at radius 3 is 2.55 bits per heavy atom. The largest absolute Gasteiger partial charge is 0.329 e. The van der Waals surface area contributed by atoms with Crippen molar-refractivity contribution >= 4 is 24.5 Å². The molecular formula is C12H20NO5PS. The van der Waals surface area contributed by atoms with E-state index in [9.17, 15) is 13.3 Å². The summed E-state index contributed by atoms with van der Waals surface area (Å²) in [6, 6.07) is 6.41. The van der Waals surface area contributed by atoms with Crippen LogP contribution in [-0.2, 0) is 22.0 Å². The molecule has 0 aliphatic heterocycles. The summed E-state index contributed by atoms with van der Waals surface area (Å²) in [5, 5.41) is 0. The standard InChI is InChI=1S/C12H20NO5PS/c1-2-3-4-8-13(20(17)18)12-7-5-6-11(9-12)10-19(14,15)16/h5-7,9H,2-4,8,10H2,1H3,(H,17,18)(H2,14,15,16). The molecular weight excluding hydrogens is 301 g/mol. The van der Waals surface area contributed by atoms with Gasteiger partial charge >= 0.3 is 7.60 Å². The Morgan fingerprint density at radius 2 is 2.00 bits per heavy atom. The van der Waals surface area contributed by atoms with E-state index in [-0.39, 0.29) is 6.16 Å². The van der Waals surface area contributed by atoms with E-state index < -0.39 is 18.9 Å². The highest BCUT2D eigenvalue weighted by Crippen LogP contribution is 2.39. The zero-order chi connectivity index (χ0) is 15.2. The topological polar surface area (TPSA) is 98.1 Å². The Kier molecular flexibility index (Phi) is 6.85. The maximum Gasteiger partial charge on any atom is 0.329 e. The van der Waals surface area contributed by atoms with Crippen LogP contribution >= 0.6 is 7.60 Å². The molecule has 20 heavy (non-hydrogen) atoms. The molecule has 1 aromatic rings. The van der Waals surface area contributed by atoms with Crippen molar-refractivity contribution in [2.45, 2.75) is 32.3 Å². The fourth-order valence-electron chi connectivity index (χ4n) is 1.85. The highest BCUT2D eigenvalue weighted by molar-refractivity contribution is 7.80. The minimum Gasteiger partial charge on any atom is -0.324 e. The van der Waals surface area contributed by atoms with Gasteiger partial charge in [0.1, 0.15) is 0 Å². The van der Waals surface area contributed by atoms with Gasteiger partial charge in [-0.15, -0.1) is 0 Å². The lowest BCUT2D eigenvalue weighted by molar-refractivity contribution is 0.371. The number of benzene rings is 1. The molecule has 1 aromatic carbocycles. The zero-order valence-corrected chi connectivity index (χ0v) is 13.0. The van der Waals surface area contributed by atoms with Crippen molar-refractivity contribution in [3.63, 3.8) is 0 Å². The van der Waals surface area contributed by atoms with Crippen LogP contribution in [0.2, 0.25) is 0 Å². The van der Waals surface area contributed by atoms with E-state index in [4.69, 9.17) is 9.79 Å². The second-order valence-corrected chi connectivity index (χ2v) is 7.08. The molecule has 0 radical (unpaired) electrons. The SMILES string of the molecule is CCCCCN(c1cccc(CP(=O)(O)O)c1)S(=O)O. The molecule has 6 nitrogen and oxygen atoms in total. The van der Waals surface area contributed by atoms with E-state index in [2.05, 4.69) is 0 Å². The van der Waals surface area contributed by atoms with Crippen molar-refractivity contribution in [2.24, 2.45) is 0 Å². The smallest absolute Gasteiger partial charge is 0.324 e. The fourth-order valence-corrected chi connectivity index (χ4v) is 3.10. The highest BCUT2D eigenvalue weighted by atomic mass is 32.2. The number of hydrogen-bond acceptors (Lipinski definition) is 2. The molecule has 0 fully saturated rings. The summed E-state index contributed by atoms with van der Waals surface area (Å²) in [5.41, 5.74) is 0.940. The van der Waals surface area contributed by atoms with Crippen molar-refractivity contribution in [3.8, 4) is 0 Å². The second-order valence-electron chi connectivity index (χ2n) is 4.53. The fraction of sp³-hybridized carbons (Fsp3) is 0.500. The third-order valence-corrected chi connectivity index (χ3v) is 4.29. The number of hydrogen-bond donors (Lipinski definition) is 3. The van der Waals surface area contributed by atoms with Crippen LogP contribution in [0.15, 0.2) is 24.3 Å². The summed E-state index contributed by atoms with van der Waals surface area (Å²) < 4.78 is 33.0. The molecule has 8 heteroatoms. The quantitative estimate of drug-likeness (QED) is 0.388. The van der Waals surface area contributed by atoms with Gasteiger partial charge in [-0.3, -0.25) is 13.4 Å². The van der Waals surface area contributed by atoms with E-state index in [1.165, 1.54) is 4.31 Å². The third kappa shape index (κ3) is 6.15. The molecule has 1 rings (SSSR count). The molecule has 114 valence electrons. The predicted octanol–water partition coefficient (Wildman–Crippen LogP) is 2.50. The van der Waals surface area contributed by atoms with Crippen molar-refractivity contribution in [1.82, 2.24) is 0 Å². The summed E-state index contributed by atoms with van der Waals surface area (Å²) >= 11 is -2.15. The molecule has 0 heterocycles. The van der Waals surface area contributed by atoms with Crippen molar-refractivity contribution in [2.75, 3.05) is 10.8 Å². The Morgan fingerprint density at radius 1 is 1.30 bits per heavy atom. The molecule has 0 amide bonds. The summed E-state index contributed by atoms with van der Waals surface area (Å²) in [7, 11) is -4.14. The molecule has 0 saturated carbocycles. The van der Waals surface area contributed by atoms with Crippen LogP contribution in [-0.4, -0.2) is 25.1 Å². The van der Waals surface area contributed by atoms with Crippen LogP contribution in [0, 0.1) is 0 Å². The van der Waals surface area contributed by atoms with E-state index in [1.807, 2.05) is 6.92 Å². The molecule has 0 aliphatic rings. The summed E-state index contributed by atoms with van der Waals surface area (Å²) in [6.45, 7) is 2.47. The van der Waals surface area contributed by atoms with Crippen LogP contribution in [0.5, 0.6) is 0 Å². The lowest BCUT2D eigenvalue weighted by atomic mass is 10.2. The van der Waals surface area contributed by atoms with Crippen LogP contribution in [0.1, 0.15) is 31.7 Å². The lowest BCUT2D eigenvalue weighted by Gasteiger charge is -2.20. The van der Waals surface area contributed by atoms with E-state index in [0.29, 0.717) is 17.8 Å². The minimum absolute atomic E-state index is 0.373. The first-order valence-corrected chi connectivity index (χ1v) is 9.21. The van der Waals surface area contributed by atoms with Gasteiger partial charge in [0.15, 0.2) is 0 Å². The Bertz CT molecular complexity index is 504. The maximum atomic E-state index is 11.4. The number of rotatable bonds is 8. The Labute approximate surface area is 121 Å². The normalized spacial score (nSPS) is 13.2. The van der Waals surface area contributed by atoms with Crippen molar-refractivity contribution in [3.05, 3.63) is 29.8 Å². The van der Waals surface area contributed by atoms with Crippen molar-refractivity contribution in [1.29, 1.82) is 0 Å².